The molecule has 10 heteroatoms. The summed E-state index contributed by atoms with van der Waals surface area (Å²) in [6, 6.07) is 9.48. The van der Waals surface area contributed by atoms with Crippen LogP contribution in [-0.4, -0.2) is 51.9 Å². The van der Waals surface area contributed by atoms with Gasteiger partial charge in [-0.05, 0) is 55.3 Å². The highest BCUT2D eigenvalue weighted by atomic mass is 32.2. The third-order valence-corrected chi connectivity index (χ3v) is 6.96. The standard InChI is InChI=1S/C21H23FN2O6S/c1-29-18-10-7-16(22)12-19(18)31(27,28)24-11-3-4-15(13-24)20(25)23-17-8-5-14(6-9-17)21(26)30-2/h5-10,12,15H,3-4,11,13H2,1-2H3,(H,23,25)/t15-/m0/s1. The Morgan fingerprint density at radius 2 is 1.84 bits per heavy atom. The molecule has 2 aromatic carbocycles. The number of carbonyl (C=O) groups excluding carboxylic acids is 2. The number of ether oxygens (including phenoxy) is 2. The average Bonchev–Trinajstić information content (AvgIpc) is 2.79. The smallest absolute Gasteiger partial charge is 0.337 e. The zero-order valence-electron chi connectivity index (χ0n) is 17.1. The number of methoxy groups -OCH3 is 2. The molecule has 0 aromatic heterocycles. The molecule has 0 bridgehead atoms. The van der Waals surface area contributed by atoms with E-state index in [0.717, 1.165) is 12.1 Å². The van der Waals surface area contributed by atoms with Gasteiger partial charge in [0.2, 0.25) is 15.9 Å². The second-order valence-corrected chi connectivity index (χ2v) is 8.96. The molecule has 1 atom stereocenters. The predicted octanol–water partition coefficient (Wildman–Crippen LogP) is 2.66. The summed E-state index contributed by atoms with van der Waals surface area (Å²) in [5.41, 5.74) is 0.823. The van der Waals surface area contributed by atoms with E-state index in [-0.39, 0.29) is 29.6 Å². The van der Waals surface area contributed by atoms with E-state index in [1.54, 1.807) is 12.1 Å². The maximum Gasteiger partial charge on any atom is 0.337 e. The quantitative estimate of drug-likeness (QED) is 0.679. The van der Waals surface area contributed by atoms with Gasteiger partial charge in [-0.2, -0.15) is 4.31 Å². The molecule has 1 heterocycles. The molecule has 0 unspecified atom stereocenters. The fourth-order valence-electron chi connectivity index (χ4n) is 3.42. The van der Waals surface area contributed by atoms with Gasteiger partial charge in [0, 0.05) is 18.8 Å². The Morgan fingerprint density at radius 3 is 2.48 bits per heavy atom. The first-order valence-corrected chi connectivity index (χ1v) is 11.0. The molecule has 0 saturated carbocycles. The lowest BCUT2D eigenvalue weighted by molar-refractivity contribution is -0.120. The number of rotatable bonds is 6. The van der Waals surface area contributed by atoms with E-state index in [1.165, 1.54) is 36.7 Å². The van der Waals surface area contributed by atoms with Crippen LogP contribution in [-0.2, 0) is 19.6 Å². The number of nitrogens with one attached hydrogen (secondary N) is 1. The van der Waals surface area contributed by atoms with Gasteiger partial charge in [0.25, 0.3) is 0 Å². The fraction of sp³-hybridized carbons (Fsp3) is 0.333. The third-order valence-electron chi connectivity index (χ3n) is 5.07. The zero-order valence-corrected chi connectivity index (χ0v) is 17.9. The number of anilines is 1. The molecule has 1 fully saturated rings. The molecule has 0 aliphatic carbocycles. The van der Waals surface area contributed by atoms with Crippen LogP contribution in [0.4, 0.5) is 10.1 Å². The van der Waals surface area contributed by atoms with Crippen molar-refractivity contribution in [1.29, 1.82) is 0 Å². The zero-order chi connectivity index (χ0) is 22.6. The highest BCUT2D eigenvalue weighted by Gasteiger charge is 2.35. The van der Waals surface area contributed by atoms with Crippen LogP contribution in [0.2, 0.25) is 0 Å². The minimum absolute atomic E-state index is 0.0337. The van der Waals surface area contributed by atoms with E-state index in [9.17, 15) is 22.4 Å². The Balaban J connectivity index is 1.73. The van der Waals surface area contributed by atoms with E-state index in [1.807, 2.05) is 0 Å². The molecule has 1 saturated heterocycles. The molecule has 0 spiro atoms. The lowest BCUT2D eigenvalue weighted by Crippen LogP contribution is -2.43. The van der Waals surface area contributed by atoms with Gasteiger partial charge in [-0.1, -0.05) is 0 Å². The predicted molar refractivity (Wildman–Crippen MR) is 111 cm³/mol. The van der Waals surface area contributed by atoms with Crippen molar-refractivity contribution in [3.05, 3.63) is 53.8 Å². The Kier molecular flexibility index (Phi) is 6.91. The maximum absolute atomic E-state index is 13.7. The fourth-order valence-corrected chi connectivity index (χ4v) is 5.11. The molecule has 1 amide bonds. The number of carbonyl (C=O) groups is 2. The van der Waals surface area contributed by atoms with Crippen molar-refractivity contribution >= 4 is 27.6 Å². The van der Waals surface area contributed by atoms with Crippen molar-refractivity contribution in [2.75, 3.05) is 32.6 Å². The van der Waals surface area contributed by atoms with Crippen LogP contribution in [0.1, 0.15) is 23.2 Å². The van der Waals surface area contributed by atoms with E-state index in [0.29, 0.717) is 24.1 Å². The number of halogens is 1. The van der Waals surface area contributed by atoms with Crippen molar-refractivity contribution in [3.8, 4) is 5.75 Å². The van der Waals surface area contributed by atoms with Crippen molar-refractivity contribution in [2.45, 2.75) is 17.7 Å². The first kappa shape index (κ1) is 22.7. The maximum atomic E-state index is 13.7. The number of esters is 1. The molecular formula is C21H23FN2O6S. The van der Waals surface area contributed by atoms with Crippen molar-refractivity contribution < 1.29 is 31.9 Å². The van der Waals surface area contributed by atoms with E-state index in [2.05, 4.69) is 10.1 Å². The first-order chi connectivity index (χ1) is 14.8. The minimum atomic E-state index is -4.05. The number of piperidine rings is 1. The monoisotopic (exact) mass is 450 g/mol. The topological polar surface area (TPSA) is 102 Å². The second kappa shape index (κ2) is 9.44. The van der Waals surface area contributed by atoms with Crippen LogP contribution in [0, 0.1) is 11.7 Å². The van der Waals surface area contributed by atoms with Gasteiger partial charge in [0.1, 0.15) is 16.5 Å². The summed E-state index contributed by atoms with van der Waals surface area (Å²) in [6.45, 7) is 0.188. The van der Waals surface area contributed by atoms with Crippen LogP contribution in [0.15, 0.2) is 47.4 Å². The Morgan fingerprint density at radius 1 is 1.13 bits per heavy atom. The van der Waals surface area contributed by atoms with Crippen LogP contribution >= 0.6 is 0 Å². The summed E-state index contributed by atoms with van der Waals surface area (Å²) < 4.78 is 50.8. The molecule has 31 heavy (non-hydrogen) atoms. The molecule has 1 N–H and O–H groups in total. The van der Waals surface area contributed by atoms with Crippen LogP contribution in [0.5, 0.6) is 5.75 Å². The molecule has 8 nitrogen and oxygen atoms in total. The summed E-state index contributed by atoms with van der Waals surface area (Å²) >= 11 is 0. The van der Waals surface area contributed by atoms with E-state index >= 15 is 0 Å². The number of nitrogens with zero attached hydrogens (tertiary/aromatic N) is 1. The van der Waals surface area contributed by atoms with Gasteiger partial charge >= 0.3 is 5.97 Å². The lowest BCUT2D eigenvalue weighted by atomic mass is 9.98. The molecule has 1 aliphatic heterocycles. The van der Waals surface area contributed by atoms with E-state index in [4.69, 9.17) is 4.74 Å². The average molecular weight is 450 g/mol. The lowest BCUT2D eigenvalue weighted by Gasteiger charge is -2.31. The normalized spacial score (nSPS) is 17.1. The number of sulfonamides is 1. The second-order valence-electron chi connectivity index (χ2n) is 7.06. The van der Waals surface area contributed by atoms with Crippen LogP contribution in [0.25, 0.3) is 0 Å². The Bertz CT molecular complexity index is 1070. The molecule has 1 aliphatic rings. The largest absolute Gasteiger partial charge is 0.495 e. The van der Waals surface area contributed by atoms with Crippen molar-refractivity contribution in [2.24, 2.45) is 5.92 Å². The summed E-state index contributed by atoms with van der Waals surface area (Å²) in [7, 11) is -1.46. The number of hydrogen-bond donors (Lipinski definition) is 1. The van der Waals surface area contributed by atoms with Gasteiger partial charge in [-0.25, -0.2) is 17.6 Å². The first-order valence-electron chi connectivity index (χ1n) is 9.59. The molecule has 2 aromatic rings. The third kappa shape index (κ3) is 5.02. The molecular weight excluding hydrogens is 427 g/mol. The van der Waals surface area contributed by atoms with Crippen molar-refractivity contribution in [1.82, 2.24) is 4.31 Å². The van der Waals surface area contributed by atoms with Crippen LogP contribution in [0.3, 0.4) is 0 Å². The summed E-state index contributed by atoms with van der Waals surface area (Å²) in [5.74, 6) is -2.06. The Hall–Kier alpha value is -2.98. The van der Waals surface area contributed by atoms with Gasteiger partial charge in [0.05, 0.1) is 25.7 Å². The number of hydrogen-bond acceptors (Lipinski definition) is 6. The highest BCUT2D eigenvalue weighted by molar-refractivity contribution is 7.89. The minimum Gasteiger partial charge on any atom is -0.495 e. The van der Waals surface area contributed by atoms with Gasteiger partial charge in [0.15, 0.2) is 0 Å². The van der Waals surface area contributed by atoms with Gasteiger partial charge in [-0.15, -0.1) is 0 Å². The summed E-state index contributed by atoms with van der Waals surface area (Å²) in [4.78, 5) is 24.0. The molecule has 166 valence electrons. The van der Waals surface area contributed by atoms with Crippen molar-refractivity contribution in [3.63, 3.8) is 0 Å². The number of amides is 1. The van der Waals surface area contributed by atoms with Crippen LogP contribution < -0.4 is 10.1 Å². The summed E-state index contributed by atoms with van der Waals surface area (Å²) in [5, 5.41) is 2.74. The SMILES string of the molecule is COC(=O)c1ccc(NC(=O)[C@H]2CCCN(S(=O)(=O)c3cc(F)ccc3OC)C2)cc1. The van der Waals surface area contributed by atoms with E-state index < -0.39 is 27.7 Å². The van der Waals surface area contributed by atoms with Gasteiger partial charge < -0.3 is 14.8 Å². The molecule has 0 radical (unpaired) electrons. The van der Waals surface area contributed by atoms with Gasteiger partial charge in [-0.3, -0.25) is 4.79 Å². The molecule has 3 rings (SSSR count). The number of benzene rings is 2. The summed E-state index contributed by atoms with van der Waals surface area (Å²) in [6.07, 6.45) is 0.995. The Labute approximate surface area is 180 Å². The highest BCUT2D eigenvalue weighted by Crippen LogP contribution is 2.30.